The van der Waals surface area contributed by atoms with Crippen molar-refractivity contribution in [3.63, 3.8) is 0 Å². The van der Waals surface area contributed by atoms with E-state index in [1.807, 2.05) is 20.8 Å². The van der Waals surface area contributed by atoms with Gasteiger partial charge in [-0.05, 0) is 51.3 Å². The number of amides is 1. The number of ether oxygens (including phenoxy) is 1. The van der Waals surface area contributed by atoms with E-state index >= 15 is 0 Å². The second-order valence-electron chi connectivity index (χ2n) is 6.90. The molecule has 1 amide bonds. The van der Waals surface area contributed by atoms with E-state index in [4.69, 9.17) is 4.74 Å². The molecule has 1 saturated carbocycles. The Kier molecular flexibility index (Phi) is 5.65. The summed E-state index contributed by atoms with van der Waals surface area (Å²) in [6.07, 6.45) is 3.51. The summed E-state index contributed by atoms with van der Waals surface area (Å²) < 4.78 is 32.7. The average molecular weight is 390 g/mol. The van der Waals surface area contributed by atoms with Gasteiger partial charge in [-0.2, -0.15) is 0 Å². The first-order chi connectivity index (χ1) is 10.7. The Morgan fingerprint density at radius 2 is 1.83 bits per heavy atom. The smallest absolute Gasteiger partial charge is 0.410 e. The monoisotopic (exact) mass is 389 g/mol. The Balaban J connectivity index is 2.24. The van der Waals surface area contributed by atoms with Crippen LogP contribution in [0.25, 0.3) is 0 Å². The molecule has 0 saturated heterocycles. The molecule has 1 fully saturated rings. The van der Waals surface area contributed by atoms with Crippen LogP contribution in [0.2, 0.25) is 0 Å². The molecule has 0 heterocycles. The molecule has 0 spiro atoms. The lowest BCUT2D eigenvalue weighted by Crippen LogP contribution is -2.42. The Morgan fingerprint density at radius 1 is 1.26 bits per heavy atom. The maximum atomic E-state index is 13.5. The topological polar surface area (TPSA) is 29.5 Å². The predicted molar refractivity (Wildman–Crippen MR) is 88.1 cm³/mol. The van der Waals surface area contributed by atoms with Crippen LogP contribution >= 0.6 is 15.9 Å². The Bertz CT molecular complexity index is 581. The van der Waals surface area contributed by atoms with Crippen molar-refractivity contribution in [2.24, 2.45) is 0 Å². The van der Waals surface area contributed by atoms with Gasteiger partial charge < -0.3 is 9.64 Å². The first-order valence-corrected chi connectivity index (χ1v) is 8.60. The van der Waals surface area contributed by atoms with E-state index in [0.717, 1.165) is 37.8 Å². The average Bonchev–Trinajstić information content (AvgIpc) is 2.93. The van der Waals surface area contributed by atoms with Gasteiger partial charge in [0.05, 0.1) is 6.54 Å². The molecule has 1 aliphatic carbocycles. The molecule has 23 heavy (non-hydrogen) atoms. The van der Waals surface area contributed by atoms with Crippen molar-refractivity contribution < 1.29 is 18.3 Å². The van der Waals surface area contributed by atoms with Crippen molar-refractivity contribution in [3.8, 4) is 0 Å². The van der Waals surface area contributed by atoms with Crippen molar-refractivity contribution >= 4 is 22.0 Å². The van der Waals surface area contributed by atoms with Crippen molar-refractivity contribution in [1.29, 1.82) is 0 Å². The zero-order chi connectivity index (χ0) is 17.2. The van der Waals surface area contributed by atoms with E-state index in [-0.39, 0.29) is 12.6 Å². The van der Waals surface area contributed by atoms with E-state index in [1.165, 1.54) is 0 Å². The van der Waals surface area contributed by atoms with Crippen molar-refractivity contribution in [2.75, 3.05) is 0 Å². The maximum Gasteiger partial charge on any atom is 0.410 e. The molecule has 2 rings (SSSR count). The standard InChI is InChI=1S/C17H22BrF2NO2/c1-17(2,3)23-16(22)21(12-6-4-5-7-12)10-11-8-14(19)15(20)9-13(11)18/h8-9,12H,4-7,10H2,1-3H3. The molecule has 0 aromatic heterocycles. The number of rotatable bonds is 3. The van der Waals surface area contributed by atoms with E-state index in [0.29, 0.717) is 10.0 Å². The summed E-state index contributed by atoms with van der Waals surface area (Å²) in [5.41, 5.74) is -0.0687. The molecule has 0 bridgehead atoms. The Hall–Kier alpha value is -1.17. The quantitative estimate of drug-likeness (QED) is 0.647. The third kappa shape index (κ3) is 4.90. The zero-order valence-electron chi connectivity index (χ0n) is 13.7. The molecule has 0 N–H and O–H groups in total. The molecular weight excluding hydrogens is 368 g/mol. The van der Waals surface area contributed by atoms with E-state index in [9.17, 15) is 13.6 Å². The molecule has 128 valence electrons. The van der Waals surface area contributed by atoms with Crippen LogP contribution in [0.1, 0.15) is 52.0 Å². The summed E-state index contributed by atoms with van der Waals surface area (Å²) in [7, 11) is 0. The van der Waals surface area contributed by atoms with Crippen LogP contribution in [0.15, 0.2) is 16.6 Å². The Labute approximate surface area is 144 Å². The lowest BCUT2D eigenvalue weighted by molar-refractivity contribution is 0.0144. The van der Waals surface area contributed by atoms with Crippen LogP contribution in [0.5, 0.6) is 0 Å². The number of carbonyl (C=O) groups excluding carboxylic acids is 1. The number of halogens is 3. The highest BCUT2D eigenvalue weighted by atomic mass is 79.9. The number of nitrogens with zero attached hydrogens (tertiary/aromatic N) is 1. The summed E-state index contributed by atoms with van der Waals surface area (Å²) in [4.78, 5) is 14.2. The highest BCUT2D eigenvalue weighted by Gasteiger charge is 2.31. The molecule has 1 aromatic rings. The predicted octanol–water partition coefficient (Wildman–Crippen LogP) is 5.41. The van der Waals surface area contributed by atoms with Crippen LogP contribution in [-0.2, 0) is 11.3 Å². The first-order valence-electron chi connectivity index (χ1n) is 7.80. The second-order valence-corrected chi connectivity index (χ2v) is 7.76. The van der Waals surface area contributed by atoms with E-state index in [1.54, 1.807) is 4.90 Å². The van der Waals surface area contributed by atoms with Crippen LogP contribution in [0.3, 0.4) is 0 Å². The van der Waals surface area contributed by atoms with Crippen LogP contribution in [0.4, 0.5) is 13.6 Å². The van der Waals surface area contributed by atoms with Crippen molar-refractivity contribution in [3.05, 3.63) is 33.8 Å². The summed E-state index contributed by atoms with van der Waals surface area (Å²) in [5.74, 6) is -1.83. The first kappa shape index (κ1) is 18.2. The number of hydrogen-bond acceptors (Lipinski definition) is 2. The van der Waals surface area contributed by atoms with Gasteiger partial charge in [-0.25, -0.2) is 13.6 Å². The fraction of sp³-hybridized carbons (Fsp3) is 0.588. The van der Waals surface area contributed by atoms with Gasteiger partial charge in [0.25, 0.3) is 0 Å². The molecule has 0 aliphatic heterocycles. The minimum atomic E-state index is -0.918. The molecule has 0 atom stereocenters. The van der Waals surface area contributed by atoms with Crippen molar-refractivity contribution in [1.82, 2.24) is 4.90 Å². The fourth-order valence-electron chi connectivity index (χ4n) is 2.75. The minimum Gasteiger partial charge on any atom is -0.444 e. The largest absolute Gasteiger partial charge is 0.444 e. The van der Waals surface area contributed by atoms with Gasteiger partial charge in [-0.15, -0.1) is 0 Å². The van der Waals surface area contributed by atoms with Crippen molar-refractivity contribution in [2.45, 2.75) is 64.6 Å². The van der Waals surface area contributed by atoms with Gasteiger partial charge in [0.1, 0.15) is 5.60 Å². The number of benzene rings is 1. The zero-order valence-corrected chi connectivity index (χ0v) is 15.3. The summed E-state index contributed by atoms with van der Waals surface area (Å²) in [6.45, 7) is 5.62. The molecule has 6 heteroatoms. The molecule has 0 unspecified atom stereocenters. The third-order valence-electron chi connectivity index (χ3n) is 3.82. The maximum absolute atomic E-state index is 13.5. The van der Waals surface area contributed by atoms with Crippen LogP contribution in [0, 0.1) is 11.6 Å². The highest BCUT2D eigenvalue weighted by molar-refractivity contribution is 9.10. The molecule has 0 radical (unpaired) electrons. The normalized spacial score (nSPS) is 15.7. The SMILES string of the molecule is CC(C)(C)OC(=O)N(Cc1cc(F)c(F)cc1Br)C1CCCC1. The van der Waals surface area contributed by atoms with Gasteiger partial charge in [-0.3, -0.25) is 0 Å². The second kappa shape index (κ2) is 7.16. The lowest BCUT2D eigenvalue weighted by Gasteiger charge is -2.32. The minimum absolute atomic E-state index is 0.0739. The molecule has 1 aromatic carbocycles. The fourth-order valence-corrected chi connectivity index (χ4v) is 3.19. The number of carbonyl (C=O) groups is 1. The van der Waals surface area contributed by atoms with Gasteiger partial charge in [0, 0.05) is 10.5 Å². The van der Waals surface area contributed by atoms with Gasteiger partial charge >= 0.3 is 6.09 Å². The molecule has 3 nitrogen and oxygen atoms in total. The van der Waals surface area contributed by atoms with Gasteiger partial charge in [0.15, 0.2) is 11.6 Å². The van der Waals surface area contributed by atoms with E-state index in [2.05, 4.69) is 15.9 Å². The van der Waals surface area contributed by atoms with Gasteiger partial charge in [0.2, 0.25) is 0 Å². The number of hydrogen-bond donors (Lipinski definition) is 0. The van der Waals surface area contributed by atoms with Crippen LogP contribution < -0.4 is 0 Å². The van der Waals surface area contributed by atoms with E-state index < -0.39 is 23.3 Å². The van der Waals surface area contributed by atoms with Crippen LogP contribution in [-0.4, -0.2) is 22.6 Å². The summed E-state index contributed by atoms with van der Waals surface area (Å²) in [6, 6.07) is 2.29. The molecular formula is C17H22BrF2NO2. The molecule has 1 aliphatic rings. The third-order valence-corrected chi connectivity index (χ3v) is 4.56. The highest BCUT2D eigenvalue weighted by Crippen LogP contribution is 2.29. The van der Waals surface area contributed by atoms with Gasteiger partial charge in [-0.1, -0.05) is 28.8 Å². The summed E-state index contributed by atoms with van der Waals surface area (Å²) >= 11 is 3.24. The lowest BCUT2D eigenvalue weighted by atomic mass is 10.1. The Morgan fingerprint density at radius 3 is 2.39 bits per heavy atom. The summed E-state index contributed by atoms with van der Waals surface area (Å²) in [5, 5.41) is 0.